The van der Waals surface area contributed by atoms with Gasteiger partial charge in [0.05, 0.1) is 0 Å². The number of hydrogen-bond acceptors (Lipinski definition) is 4. The summed E-state index contributed by atoms with van der Waals surface area (Å²) in [5.41, 5.74) is 0.695. The molecule has 4 nitrogen and oxygen atoms in total. The maximum Gasteiger partial charge on any atom is 0.262 e. The minimum atomic E-state index is -0.190. The molecule has 0 radical (unpaired) electrons. The summed E-state index contributed by atoms with van der Waals surface area (Å²) in [6.07, 6.45) is 2.14. The molecular weight excluding hydrogens is 260 g/mol. The number of likely N-dealkylation sites (N-methyl/N-ethyl adjacent to an activating group) is 1. The predicted octanol–water partition coefficient (Wildman–Crippen LogP) is 0.916. The Labute approximate surface area is 117 Å². The number of carbonyl (C=O) groups is 1. The highest BCUT2D eigenvalue weighted by atomic mass is 32.1. The van der Waals surface area contributed by atoms with Gasteiger partial charge in [-0.15, -0.1) is 11.3 Å². The zero-order valence-electron chi connectivity index (χ0n) is 11.0. The van der Waals surface area contributed by atoms with E-state index < -0.39 is 0 Å². The van der Waals surface area contributed by atoms with Crippen LogP contribution in [0.2, 0.25) is 0 Å². The van der Waals surface area contributed by atoms with Gasteiger partial charge in [0.2, 0.25) is 0 Å². The predicted molar refractivity (Wildman–Crippen MR) is 76.3 cm³/mol. The van der Waals surface area contributed by atoms with Crippen LogP contribution in [0, 0.1) is 11.8 Å². The summed E-state index contributed by atoms with van der Waals surface area (Å²) < 4.78 is 0. The van der Waals surface area contributed by atoms with Gasteiger partial charge in [0.15, 0.2) is 0 Å². The zero-order chi connectivity index (χ0) is 13.7. The molecule has 0 saturated carbocycles. The molecule has 1 atom stereocenters. The average Bonchev–Trinajstić information content (AvgIpc) is 2.84. The van der Waals surface area contributed by atoms with Crippen LogP contribution < -0.4 is 5.32 Å². The minimum absolute atomic E-state index is 0.0578. The third-order valence-electron chi connectivity index (χ3n) is 3.13. The highest BCUT2D eigenvalue weighted by Crippen LogP contribution is 2.17. The lowest BCUT2D eigenvalue weighted by Gasteiger charge is -2.30. The highest BCUT2D eigenvalue weighted by Gasteiger charge is 2.21. The van der Waals surface area contributed by atoms with Gasteiger partial charge < -0.3 is 15.3 Å². The molecular formula is C14H18N2O2S. The molecule has 1 amide bonds. The van der Waals surface area contributed by atoms with Crippen LogP contribution in [0.25, 0.3) is 0 Å². The van der Waals surface area contributed by atoms with Crippen LogP contribution in [0.5, 0.6) is 0 Å². The van der Waals surface area contributed by atoms with Gasteiger partial charge in [0.25, 0.3) is 5.91 Å². The van der Waals surface area contributed by atoms with Crippen LogP contribution in [0.4, 0.5) is 0 Å². The lowest BCUT2D eigenvalue weighted by atomic mass is 10.1. The number of hydrogen-bond donors (Lipinski definition) is 2. The van der Waals surface area contributed by atoms with Crippen LogP contribution in [0.1, 0.15) is 28.1 Å². The Kier molecular flexibility index (Phi) is 4.97. The number of amides is 1. The molecule has 19 heavy (non-hydrogen) atoms. The van der Waals surface area contributed by atoms with E-state index in [9.17, 15) is 4.79 Å². The molecule has 2 rings (SSSR count). The molecule has 2 heterocycles. The number of thiophene rings is 1. The molecule has 1 fully saturated rings. The van der Waals surface area contributed by atoms with Gasteiger partial charge in [0.1, 0.15) is 11.5 Å². The fourth-order valence-electron chi connectivity index (χ4n) is 2.25. The van der Waals surface area contributed by atoms with E-state index in [0.717, 1.165) is 25.9 Å². The minimum Gasteiger partial charge on any atom is -0.384 e. The van der Waals surface area contributed by atoms with E-state index in [0.29, 0.717) is 10.4 Å². The Morgan fingerprint density at radius 2 is 2.53 bits per heavy atom. The SMILES string of the molecule is CN1CCCC(NC(=O)c2sccc2C#CCO)C1. The largest absolute Gasteiger partial charge is 0.384 e. The van der Waals surface area contributed by atoms with E-state index in [1.54, 1.807) is 0 Å². The lowest BCUT2D eigenvalue weighted by Crippen LogP contribution is -2.46. The van der Waals surface area contributed by atoms with Crippen molar-refractivity contribution in [3.8, 4) is 11.8 Å². The Hall–Kier alpha value is -1.35. The first-order valence-corrected chi connectivity index (χ1v) is 7.25. The van der Waals surface area contributed by atoms with E-state index in [1.807, 2.05) is 11.4 Å². The second kappa shape index (κ2) is 6.71. The van der Waals surface area contributed by atoms with E-state index in [1.165, 1.54) is 11.3 Å². The zero-order valence-corrected chi connectivity index (χ0v) is 11.8. The Bertz CT molecular complexity index is 501. The van der Waals surface area contributed by atoms with Crippen molar-refractivity contribution >= 4 is 17.2 Å². The molecule has 102 valence electrons. The van der Waals surface area contributed by atoms with Crippen LogP contribution in [0.3, 0.4) is 0 Å². The molecule has 0 aromatic carbocycles. The first-order valence-electron chi connectivity index (χ1n) is 6.37. The van der Waals surface area contributed by atoms with Gasteiger partial charge in [-0.05, 0) is 37.9 Å². The summed E-state index contributed by atoms with van der Waals surface area (Å²) in [6, 6.07) is 2.03. The molecule has 0 aliphatic carbocycles. The Balaban J connectivity index is 2.01. The number of rotatable bonds is 2. The maximum absolute atomic E-state index is 12.2. The summed E-state index contributed by atoms with van der Waals surface area (Å²) in [7, 11) is 2.07. The van der Waals surface area contributed by atoms with E-state index in [4.69, 9.17) is 5.11 Å². The molecule has 0 bridgehead atoms. The van der Waals surface area contributed by atoms with Crippen molar-refractivity contribution in [1.82, 2.24) is 10.2 Å². The number of nitrogens with one attached hydrogen (secondary N) is 1. The highest BCUT2D eigenvalue weighted by molar-refractivity contribution is 7.12. The third-order valence-corrected chi connectivity index (χ3v) is 4.05. The molecule has 0 spiro atoms. The number of piperidine rings is 1. The van der Waals surface area contributed by atoms with Gasteiger partial charge >= 0.3 is 0 Å². The first-order chi connectivity index (χ1) is 9.20. The van der Waals surface area contributed by atoms with E-state index in [2.05, 4.69) is 29.1 Å². The van der Waals surface area contributed by atoms with Gasteiger partial charge in [0, 0.05) is 18.2 Å². The van der Waals surface area contributed by atoms with Gasteiger partial charge in [-0.1, -0.05) is 11.8 Å². The van der Waals surface area contributed by atoms with Crippen molar-refractivity contribution < 1.29 is 9.90 Å². The molecule has 1 saturated heterocycles. The topological polar surface area (TPSA) is 52.6 Å². The normalized spacial score (nSPS) is 19.6. The van der Waals surface area contributed by atoms with Crippen LogP contribution in [-0.2, 0) is 0 Å². The molecule has 1 aliphatic heterocycles. The summed E-state index contributed by atoms with van der Waals surface area (Å²) in [5.74, 6) is 5.33. The van der Waals surface area contributed by atoms with Crippen molar-refractivity contribution in [2.45, 2.75) is 18.9 Å². The standard InChI is InChI=1S/C14H18N2O2S/c1-16-7-2-5-12(10-16)15-14(18)13-11(4-3-8-17)6-9-19-13/h6,9,12,17H,2,5,7-8,10H2,1H3,(H,15,18). The lowest BCUT2D eigenvalue weighted by molar-refractivity contribution is 0.0916. The molecule has 2 N–H and O–H groups in total. The monoisotopic (exact) mass is 278 g/mol. The van der Waals surface area contributed by atoms with Crippen molar-refractivity contribution in [1.29, 1.82) is 0 Å². The van der Waals surface area contributed by atoms with Gasteiger partial charge in [-0.3, -0.25) is 4.79 Å². The second-order valence-corrected chi connectivity index (χ2v) is 5.61. The second-order valence-electron chi connectivity index (χ2n) is 4.70. The number of likely N-dealkylation sites (tertiary alicyclic amines) is 1. The molecule has 1 unspecified atom stereocenters. The number of aliphatic hydroxyl groups is 1. The van der Waals surface area contributed by atoms with Crippen LogP contribution in [0.15, 0.2) is 11.4 Å². The van der Waals surface area contributed by atoms with Gasteiger partial charge in [-0.2, -0.15) is 0 Å². The average molecular weight is 278 g/mol. The first kappa shape index (κ1) is 14.1. The van der Waals surface area contributed by atoms with Crippen molar-refractivity contribution in [2.75, 3.05) is 26.7 Å². The van der Waals surface area contributed by atoms with Crippen LogP contribution >= 0.6 is 11.3 Å². The molecule has 5 heteroatoms. The van der Waals surface area contributed by atoms with Crippen molar-refractivity contribution in [2.24, 2.45) is 0 Å². The maximum atomic E-state index is 12.2. The Morgan fingerprint density at radius 1 is 1.68 bits per heavy atom. The molecule has 1 aliphatic rings. The van der Waals surface area contributed by atoms with Gasteiger partial charge in [-0.25, -0.2) is 0 Å². The fourth-order valence-corrected chi connectivity index (χ4v) is 3.01. The summed E-state index contributed by atoms with van der Waals surface area (Å²) in [6.45, 7) is 1.80. The molecule has 1 aromatic heterocycles. The smallest absolute Gasteiger partial charge is 0.262 e. The van der Waals surface area contributed by atoms with Crippen molar-refractivity contribution in [3.63, 3.8) is 0 Å². The summed E-state index contributed by atoms with van der Waals surface area (Å²) in [4.78, 5) is 15.1. The number of nitrogens with zero attached hydrogens (tertiary/aromatic N) is 1. The van der Waals surface area contributed by atoms with E-state index in [-0.39, 0.29) is 18.6 Å². The summed E-state index contributed by atoms with van der Waals surface area (Å²) in [5, 5.41) is 13.6. The summed E-state index contributed by atoms with van der Waals surface area (Å²) >= 11 is 1.39. The quantitative estimate of drug-likeness (QED) is 0.791. The fraction of sp³-hybridized carbons (Fsp3) is 0.500. The number of aliphatic hydroxyl groups excluding tert-OH is 1. The Morgan fingerprint density at radius 3 is 3.26 bits per heavy atom. The van der Waals surface area contributed by atoms with Crippen LogP contribution in [-0.4, -0.2) is 48.7 Å². The number of carbonyl (C=O) groups excluding carboxylic acids is 1. The van der Waals surface area contributed by atoms with Crippen molar-refractivity contribution in [3.05, 3.63) is 21.9 Å². The van der Waals surface area contributed by atoms with E-state index >= 15 is 0 Å². The third kappa shape index (κ3) is 3.80. The molecule has 1 aromatic rings.